The lowest BCUT2D eigenvalue weighted by molar-refractivity contribution is -0.147. The Bertz CT molecular complexity index is 1190. The molecule has 3 atom stereocenters. The molecule has 38 heavy (non-hydrogen) atoms. The maximum absolute atomic E-state index is 12.5. The molecule has 3 aliphatic rings. The van der Waals surface area contributed by atoms with E-state index in [4.69, 9.17) is 15.2 Å². The van der Waals surface area contributed by atoms with Crippen LogP contribution in [0.3, 0.4) is 0 Å². The highest BCUT2D eigenvalue weighted by Crippen LogP contribution is 2.24. The number of piperidine rings is 1. The van der Waals surface area contributed by atoms with Gasteiger partial charge in [-0.2, -0.15) is 0 Å². The van der Waals surface area contributed by atoms with Gasteiger partial charge in [0.05, 0.1) is 19.4 Å². The Morgan fingerprint density at radius 1 is 1.24 bits per heavy atom. The molecule has 3 amide bonds. The van der Waals surface area contributed by atoms with Crippen molar-refractivity contribution in [1.82, 2.24) is 35.1 Å². The number of aromatic nitrogens is 4. The third kappa shape index (κ3) is 5.95. The number of nitrogens with two attached hydrogens (primary N) is 1. The van der Waals surface area contributed by atoms with Gasteiger partial charge < -0.3 is 41.0 Å². The average Bonchev–Trinajstić information content (AvgIpc) is 3.60. The van der Waals surface area contributed by atoms with Gasteiger partial charge in [-0.1, -0.05) is 0 Å². The molecule has 2 saturated heterocycles. The Labute approximate surface area is 217 Å². The number of hydrogen-bond donors (Lipinski definition) is 5. The SMILES string of the molecule is Nc1nc(CC2CCN(C(=O)OC3CC(=O)N3)CC2)nc2c1ncn2CO[C@H](C(=O)NC1CC1)C(O)CO. The third-order valence-corrected chi connectivity index (χ3v) is 6.93. The number of fused-ring (bicyclic) bond motifs is 1. The average molecular weight is 533 g/mol. The summed E-state index contributed by atoms with van der Waals surface area (Å²) in [5.74, 6) is 0.342. The van der Waals surface area contributed by atoms with Crippen LogP contribution in [0.15, 0.2) is 6.33 Å². The van der Waals surface area contributed by atoms with E-state index in [2.05, 4.69) is 25.6 Å². The van der Waals surface area contributed by atoms with Gasteiger partial charge in [0.1, 0.15) is 24.2 Å². The molecule has 2 aromatic heterocycles. The van der Waals surface area contributed by atoms with Crippen LogP contribution < -0.4 is 16.4 Å². The van der Waals surface area contributed by atoms with Crippen LogP contribution in [0.1, 0.15) is 37.9 Å². The number of anilines is 1. The van der Waals surface area contributed by atoms with Gasteiger partial charge >= 0.3 is 6.09 Å². The fourth-order valence-corrected chi connectivity index (χ4v) is 4.50. The first-order chi connectivity index (χ1) is 18.3. The molecular weight excluding hydrogens is 500 g/mol. The minimum Gasteiger partial charge on any atom is -0.425 e. The highest BCUT2D eigenvalue weighted by molar-refractivity contribution is 5.83. The molecule has 5 rings (SSSR count). The summed E-state index contributed by atoms with van der Waals surface area (Å²) < 4.78 is 12.5. The van der Waals surface area contributed by atoms with E-state index in [1.807, 2.05) is 0 Å². The summed E-state index contributed by atoms with van der Waals surface area (Å²) in [5, 5.41) is 24.8. The van der Waals surface area contributed by atoms with Gasteiger partial charge in [0.25, 0.3) is 5.91 Å². The Kier molecular flexibility index (Phi) is 7.58. The molecule has 2 aromatic rings. The van der Waals surface area contributed by atoms with Gasteiger partial charge in [0.2, 0.25) is 5.91 Å². The number of imidazole rings is 1. The van der Waals surface area contributed by atoms with Gasteiger partial charge in [-0.05, 0) is 31.6 Å². The van der Waals surface area contributed by atoms with Crippen molar-refractivity contribution < 1.29 is 34.1 Å². The number of ether oxygens (including phenoxy) is 2. The zero-order valence-electron chi connectivity index (χ0n) is 20.8. The number of nitrogens with zero attached hydrogens (tertiary/aromatic N) is 5. The maximum atomic E-state index is 12.5. The molecule has 3 fully saturated rings. The number of nitrogens with one attached hydrogen (secondary N) is 2. The topological polar surface area (TPSA) is 207 Å². The number of amides is 3. The first kappa shape index (κ1) is 26.1. The zero-order chi connectivity index (χ0) is 26.8. The predicted molar refractivity (Wildman–Crippen MR) is 130 cm³/mol. The van der Waals surface area contributed by atoms with Crippen molar-refractivity contribution in [3.8, 4) is 0 Å². The van der Waals surface area contributed by atoms with Crippen molar-refractivity contribution in [3.63, 3.8) is 0 Å². The number of nitrogen functional groups attached to an aromatic ring is 1. The van der Waals surface area contributed by atoms with Crippen molar-refractivity contribution in [2.45, 2.75) is 69.7 Å². The fourth-order valence-electron chi connectivity index (χ4n) is 4.50. The van der Waals surface area contributed by atoms with E-state index in [-0.39, 0.29) is 36.8 Å². The molecule has 206 valence electrons. The summed E-state index contributed by atoms with van der Waals surface area (Å²) in [6, 6.07) is 0.0756. The quantitative estimate of drug-likeness (QED) is 0.225. The molecule has 15 heteroatoms. The Balaban J connectivity index is 1.19. The highest BCUT2D eigenvalue weighted by atomic mass is 16.6. The van der Waals surface area contributed by atoms with Crippen molar-refractivity contribution in [1.29, 1.82) is 0 Å². The normalized spacial score (nSPS) is 21.5. The number of carbonyl (C=O) groups excluding carboxylic acids is 3. The number of β-lactam (4-membered cyclic amide) rings is 1. The van der Waals surface area contributed by atoms with E-state index >= 15 is 0 Å². The smallest absolute Gasteiger partial charge is 0.411 e. The van der Waals surface area contributed by atoms with Crippen LogP contribution in [-0.4, -0.2) is 96.7 Å². The molecule has 1 aliphatic carbocycles. The van der Waals surface area contributed by atoms with E-state index in [1.54, 1.807) is 9.47 Å². The van der Waals surface area contributed by atoms with Crippen LogP contribution in [0.4, 0.5) is 10.6 Å². The number of aliphatic hydroxyl groups is 2. The van der Waals surface area contributed by atoms with Crippen LogP contribution >= 0.6 is 0 Å². The van der Waals surface area contributed by atoms with Gasteiger partial charge in [-0.15, -0.1) is 0 Å². The molecule has 15 nitrogen and oxygen atoms in total. The van der Waals surface area contributed by atoms with Gasteiger partial charge in [-0.25, -0.2) is 19.7 Å². The van der Waals surface area contributed by atoms with E-state index in [0.29, 0.717) is 36.5 Å². The van der Waals surface area contributed by atoms with Crippen LogP contribution in [0.25, 0.3) is 11.2 Å². The van der Waals surface area contributed by atoms with Crippen molar-refractivity contribution in [2.24, 2.45) is 5.92 Å². The lowest BCUT2D eigenvalue weighted by Gasteiger charge is -2.34. The first-order valence-corrected chi connectivity index (χ1v) is 12.7. The monoisotopic (exact) mass is 532 g/mol. The molecule has 0 aromatic carbocycles. The van der Waals surface area contributed by atoms with E-state index in [0.717, 1.165) is 25.7 Å². The standard InChI is InChI=1S/C23H32N8O7/c24-20-18-21(31(10-25-18)11-37-19(14(33)9-32)22(35)26-13-1-2-13)28-15(27-20)7-12-3-5-30(6-4-12)23(36)38-17-8-16(34)29-17/h10,12-14,17,19,32-33H,1-9,11H2,(H,26,35)(H,29,34)(H2,24,27,28)/t14?,17?,19-/m0/s1. The summed E-state index contributed by atoms with van der Waals surface area (Å²) in [4.78, 5) is 50.6. The van der Waals surface area contributed by atoms with Crippen molar-refractivity contribution >= 4 is 34.9 Å². The second-order valence-electron chi connectivity index (χ2n) is 9.94. The number of carbonyl (C=O) groups is 3. The molecule has 6 N–H and O–H groups in total. The Morgan fingerprint density at radius 2 is 1.97 bits per heavy atom. The van der Waals surface area contributed by atoms with Gasteiger partial charge in [-0.3, -0.25) is 14.2 Å². The summed E-state index contributed by atoms with van der Waals surface area (Å²) in [7, 11) is 0. The first-order valence-electron chi connectivity index (χ1n) is 12.7. The third-order valence-electron chi connectivity index (χ3n) is 6.93. The molecule has 0 radical (unpaired) electrons. The Hall–Kier alpha value is -3.56. The largest absolute Gasteiger partial charge is 0.425 e. The lowest BCUT2D eigenvalue weighted by atomic mass is 9.93. The molecule has 0 bridgehead atoms. The summed E-state index contributed by atoms with van der Waals surface area (Å²) in [6.07, 6.45) is 1.81. The van der Waals surface area contributed by atoms with Crippen molar-refractivity contribution in [2.75, 3.05) is 25.4 Å². The van der Waals surface area contributed by atoms with Crippen LogP contribution in [0.5, 0.6) is 0 Å². The minimum absolute atomic E-state index is 0.0756. The number of rotatable bonds is 10. The van der Waals surface area contributed by atoms with E-state index < -0.39 is 37.0 Å². The van der Waals surface area contributed by atoms with Crippen LogP contribution in [0, 0.1) is 5.92 Å². The number of hydrogen-bond acceptors (Lipinski definition) is 11. The second kappa shape index (κ2) is 11.0. The Morgan fingerprint density at radius 3 is 2.63 bits per heavy atom. The molecular formula is C23H32N8O7. The van der Waals surface area contributed by atoms with Gasteiger partial charge in [0.15, 0.2) is 23.8 Å². The summed E-state index contributed by atoms with van der Waals surface area (Å²) >= 11 is 0. The minimum atomic E-state index is -1.38. The summed E-state index contributed by atoms with van der Waals surface area (Å²) in [5.41, 5.74) is 6.96. The molecule has 1 saturated carbocycles. The van der Waals surface area contributed by atoms with Gasteiger partial charge in [0, 0.05) is 25.6 Å². The van der Waals surface area contributed by atoms with Crippen LogP contribution in [-0.2, 0) is 32.2 Å². The highest BCUT2D eigenvalue weighted by Gasteiger charge is 2.33. The zero-order valence-corrected chi connectivity index (χ0v) is 20.8. The van der Waals surface area contributed by atoms with E-state index in [9.17, 15) is 24.6 Å². The van der Waals surface area contributed by atoms with Crippen molar-refractivity contribution in [3.05, 3.63) is 12.2 Å². The summed E-state index contributed by atoms with van der Waals surface area (Å²) in [6.45, 7) is 0.269. The number of aliphatic hydroxyl groups excluding tert-OH is 2. The second-order valence-corrected chi connectivity index (χ2v) is 9.94. The molecule has 2 aliphatic heterocycles. The molecule has 2 unspecified atom stereocenters. The predicted octanol–water partition coefficient (Wildman–Crippen LogP) is -1.38. The molecule has 0 spiro atoms. The van der Waals surface area contributed by atoms with E-state index in [1.165, 1.54) is 6.33 Å². The fraction of sp³-hybridized carbons (Fsp3) is 0.652. The maximum Gasteiger partial charge on any atom is 0.411 e. The number of likely N-dealkylation sites (tertiary alicyclic amines) is 1. The molecule has 4 heterocycles. The lowest BCUT2D eigenvalue weighted by Crippen LogP contribution is -2.53. The van der Waals surface area contributed by atoms with Crippen LogP contribution in [0.2, 0.25) is 0 Å².